The van der Waals surface area contributed by atoms with E-state index in [9.17, 15) is 9.59 Å². The van der Waals surface area contributed by atoms with E-state index >= 15 is 0 Å². The highest BCUT2D eigenvalue weighted by molar-refractivity contribution is 5.88. The predicted molar refractivity (Wildman–Crippen MR) is 150 cm³/mol. The molecule has 4 aliphatic rings. The number of aromatic nitrogens is 2. The summed E-state index contributed by atoms with van der Waals surface area (Å²) in [5.74, 6) is 1.26. The van der Waals surface area contributed by atoms with Gasteiger partial charge in [-0.05, 0) is 76.5 Å². The maximum Gasteiger partial charge on any atom is 0.344 e. The molecule has 210 valence electrons. The van der Waals surface area contributed by atoms with E-state index in [4.69, 9.17) is 4.74 Å². The molecule has 0 bridgehead atoms. The van der Waals surface area contributed by atoms with Gasteiger partial charge < -0.3 is 19.9 Å². The number of carbonyl (C=O) groups is 2. The summed E-state index contributed by atoms with van der Waals surface area (Å²) in [5, 5.41) is 6.87. The molecule has 39 heavy (non-hydrogen) atoms. The summed E-state index contributed by atoms with van der Waals surface area (Å²) in [6, 6.07) is 9.06. The Balaban J connectivity index is 1.08. The molecule has 2 aromatic rings. The van der Waals surface area contributed by atoms with Crippen molar-refractivity contribution >= 4 is 17.8 Å². The van der Waals surface area contributed by atoms with E-state index in [2.05, 4.69) is 45.3 Å². The average molecular weight is 535 g/mol. The minimum Gasteiger partial charge on any atom is -0.490 e. The topological polar surface area (TPSA) is 82.9 Å². The third kappa shape index (κ3) is 5.84. The molecule has 1 saturated carbocycles. The molecule has 3 aliphatic heterocycles. The first kappa shape index (κ1) is 26.3. The van der Waals surface area contributed by atoms with Crippen molar-refractivity contribution in [1.82, 2.24) is 24.5 Å². The molecule has 4 heterocycles. The molecule has 9 nitrogen and oxygen atoms in total. The fourth-order valence-corrected chi connectivity index (χ4v) is 6.83. The smallest absolute Gasteiger partial charge is 0.344 e. The fourth-order valence-electron chi connectivity index (χ4n) is 6.83. The molecule has 0 radical (unpaired) electrons. The molecule has 0 unspecified atom stereocenters. The number of anilines is 1. The van der Waals surface area contributed by atoms with Gasteiger partial charge in [-0.15, -0.1) is 5.10 Å². The van der Waals surface area contributed by atoms with E-state index in [1.165, 1.54) is 48.4 Å². The normalized spacial score (nSPS) is 22.4. The Hall–Kier alpha value is -2.91. The molecule has 3 saturated heterocycles. The van der Waals surface area contributed by atoms with Crippen LogP contribution in [0.5, 0.6) is 5.75 Å². The molecule has 1 aromatic carbocycles. The summed E-state index contributed by atoms with van der Waals surface area (Å²) in [6.45, 7) is 9.30. The zero-order valence-corrected chi connectivity index (χ0v) is 23.4. The number of benzene rings is 1. The maximum atomic E-state index is 13.1. The maximum absolute atomic E-state index is 13.1. The lowest BCUT2D eigenvalue weighted by Gasteiger charge is -2.45. The molecule has 2 amide bonds. The summed E-state index contributed by atoms with van der Waals surface area (Å²) < 4.78 is 8.02. The van der Waals surface area contributed by atoms with Crippen LogP contribution >= 0.6 is 0 Å². The summed E-state index contributed by atoms with van der Waals surface area (Å²) in [5.41, 5.74) is 2.65. The van der Waals surface area contributed by atoms with Gasteiger partial charge in [0, 0.05) is 69.1 Å². The lowest BCUT2D eigenvalue weighted by atomic mass is 9.84. The second-order valence-corrected chi connectivity index (χ2v) is 12.0. The van der Waals surface area contributed by atoms with Crippen molar-refractivity contribution in [2.75, 3.05) is 38.0 Å². The monoisotopic (exact) mass is 534 g/mol. The molecule has 0 atom stereocenters. The molecule has 9 heteroatoms. The minimum atomic E-state index is -0.199. The van der Waals surface area contributed by atoms with Gasteiger partial charge in [0.05, 0.1) is 0 Å². The zero-order valence-electron chi connectivity index (χ0n) is 23.4. The van der Waals surface area contributed by atoms with E-state index in [1.807, 2.05) is 4.90 Å². The summed E-state index contributed by atoms with van der Waals surface area (Å²) in [7, 11) is 0. The van der Waals surface area contributed by atoms with Crippen molar-refractivity contribution in [1.29, 1.82) is 0 Å². The van der Waals surface area contributed by atoms with Crippen LogP contribution in [-0.2, 0) is 11.3 Å². The van der Waals surface area contributed by atoms with Gasteiger partial charge in [0.15, 0.2) is 5.82 Å². The Labute approximate surface area is 231 Å². The molecule has 1 aliphatic carbocycles. The third-order valence-corrected chi connectivity index (χ3v) is 9.21. The number of nitrogens with one attached hydrogen (secondary N) is 1. The van der Waals surface area contributed by atoms with Crippen LogP contribution in [0.2, 0.25) is 0 Å². The molecule has 1 spiro atoms. The number of ether oxygens (including phenoxy) is 1. The van der Waals surface area contributed by atoms with Gasteiger partial charge in [0.25, 0.3) is 0 Å². The van der Waals surface area contributed by atoms with E-state index in [1.54, 1.807) is 12.3 Å². The lowest BCUT2D eigenvalue weighted by molar-refractivity contribution is -0.114. The van der Waals surface area contributed by atoms with E-state index in [0.717, 1.165) is 63.7 Å². The first-order valence-electron chi connectivity index (χ1n) is 14.8. The van der Waals surface area contributed by atoms with E-state index in [-0.39, 0.29) is 17.5 Å². The quantitative estimate of drug-likeness (QED) is 0.597. The van der Waals surface area contributed by atoms with Crippen molar-refractivity contribution in [2.45, 2.75) is 89.4 Å². The summed E-state index contributed by atoms with van der Waals surface area (Å²) in [4.78, 5) is 31.6. The largest absolute Gasteiger partial charge is 0.490 e. The van der Waals surface area contributed by atoms with Crippen molar-refractivity contribution in [3.05, 3.63) is 41.6 Å². The van der Waals surface area contributed by atoms with Crippen LogP contribution in [0.1, 0.15) is 69.4 Å². The average Bonchev–Trinajstić information content (AvgIpc) is 3.57. The van der Waals surface area contributed by atoms with Gasteiger partial charge in [-0.25, -0.2) is 4.79 Å². The number of nitrogens with zero attached hydrogens (tertiary/aromatic N) is 5. The Bertz CT molecular complexity index is 1190. The highest BCUT2D eigenvalue weighted by Crippen LogP contribution is 2.41. The fraction of sp³-hybridized carbons (Fsp3) is 0.633. The molecule has 1 N–H and O–H groups in total. The molecular formula is C30H42N6O3. The van der Waals surface area contributed by atoms with E-state index < -0.39 is 0 Å². The number of hydrogen-bond donors (Lipinski definition) is 1. The Morgan fingerprint density at radius 3 is 2.51 bits per heavy atom. The van der Waals surface area contributed by atoms with Gasteiger partial charge in [0.1, 0.15) is 11.9 Å². The second-order valence-electron chi connectivity index (χ2n) is 12.0. The zero-order chi connectivity index (χ0) is 27.0. The van der Waals surface area contributed by atoms with Crippen LogP contribution in [0.15, 0.2) is 30.5 Å². The Morgan fingerprint density at radius 1 is 1.03 bits per heavy atom. The Morgan fingerprint density at radius 2 is 1.79 bits per heavy atom. The standard InChI is InChI=1S/C30H42N6O3/c1-22-4-5-24(27(20-22)39-26-8-15-33(16-9-26)25-6-7-25)21-35-14-3-11-30(35)12-18-34(19-13-30)29(38)36-17-10-28(32-36)31-23(2)37/h4-5,10,17,20,25-26H,3,6-9,11-16,18-19,21H2,1-2H3,(H,31,32,37). The number of carbonyl (C=O) groups excluding carboxylic acids is 2. The lowest BCUT2D eigenvalue weighted by Crippen LogP contribution is -2.53. The van der Waals surface area contributed by atoms with Gasteiger partial charge in [-0.3, -0.25) is 9.69 Å². The van der Waals surface area contributed by atoms with Gasteiger partial charge in [-0.2, -0.15) is 4.68 Å². The van der Waals surface area contributed by atoms with E-state index in [0.29, 0.717) is 25.0 Å². The summed E-state index contributed by atoms with van der Waals surface area (Å²) >= 11 is 0. The van der Waals surface area contributed by atoms with Crippen LogP contribution in [0, 0.1) is 6.92 Å². The highest BCUT2D eigenvalue weighted by Gasteiger charge is 2.44. The van der Waals surface area contributed by atoms with Crippen molar-refractivity contribution < 1.29 is 14.3 Å². The third-order valence-electron chi connectivity index (χ3n) is 9.21. The molecule has 1 aromatic heterocycles. The van der Waals surface area contributed by atoms with Crippen LogP contribution < -0.4 is 10.1 Å². The van der Waals surface area contributed by atoms with Crippen LogP contribution in [0.25, 0.3) is 0 Å². The van der Waals surface area contributed by atoms with Gasteiger partial charge in [-0.1, -0.05) is 12.1 Å². The highest BCUT2D eigenvalue weighted by atomic mass is 16.5. The number of amides is 2. The van der Waals surface area contributed by atoms with Crippen LogP contribution in [-0.4, -0.2) is 86.8 Å². The number of piperidine rings is 2. The SMILES string of the molecule is CC(=O)Nc1ccn(C(=O)N2CCC3(CCCN3Cc3ccc(C)cc3OC3CCN(C4CC4)CC3)CC2)n1. The van der Waals surface area contributed by atoms with Crippen molar-refractivity contribution in [3.63, 3.8) is 0 Å². The van der Waals surface area contributed by atoms with Crippen LogP contribution in [0.3, 0.4) is 0 Å². The van der Waals surface area contributed by atoms with Crippen molar-refractivity contribution in [3.8, 4) is 5.75 Å². The van der Waals surface area contributed by atoms with Crippen molar-refractivity contribution in [2.24, 2.45) is 0 Å². The number of hydrogen-bond acceptors (Lipinski definition) is 6. The number of likely N-dealkylation sites (tertiary alicyclic amines) is 3. The molecular weight excluding hydrogens is 492 g/mol. The minimum absolute atomic E-state index is 0.125. The van der Waals surface area contributed by atoms with Gasteiger partial charge in [0.2, 0.25) is 5.91 Å². The molecule has 4 fully saturated rings. The number of rotatable bonds is 6. The first-order chi connectivity index (χ1) is 18.9. The predicted octanol–water partition coefficient (Wildman–Crippen LogP) is 4.25. The first-order valence-corrected chi connectivity index (χ1v) is 14.8. The molecule has 6 rings (SSSR count). The van der Waals surface area contributed by atoms with Crippen LogP contribution in [0.4, 0.5) is 10.6 Å². The second kappa shape index (κ2) is 10.9. The van der Waals surface area contributed by atoms with Gasteiger partial charge >= 0.3 is 6.03 Å². The number of aryl methyl sites for hydroxylation is 1. The Kier molecular flexibility index (Phi) is 7.37. The summed E-state index contributed by atoms with van der Waals surface area (Å²) in [6.07, 6.45) is 11.2.